The summed E-state index contributed by atoms with van der Waals surface area (Å²) in [7, 11) is 0. The van der Waals surface area contributed by atoms with Crippen LogP contribution in [0.4, 0.5) is 0 Å². The molecule has 16 heavy (non-hydrogen) atoms. The fourth-order valence-electron chi connectivity index (χ4n) is 1.58. The smallest absolute Gasteiger partial charge is 0.0923 e. The lowest BCUT2D eigenvalue weighted by molar-refractivity contribution is 0.537. The van der Waals surface area contributed by atoms with Crippen LogP contribution in [0, 0.1) is 0 Å². The molecule has 0 saturated carbocycles. The summed E-state index contributed by atoms with van der Waals surface area (Å²) in [5, 5.41) is 5.75. The first-order valence-corrected chi connectivity index (χ1v) is 6.18. The topological polar surface area (TPSA) is 17.8 Å². The normalized spacial score (nSPS) is 10.4. The van der Waals surface area contributed by atoms with E-state index in [0.717, 1.165) is 11.9 Å². The van der Waals surface area contributed by atoms with Gasteiger partial charge in [0, 0.05) is 17.6 Å². The standard InChI is InChI=1S/C12H16N2.C2H6/c1-4-10-5-6-12-11(7-10)8-14(13-12)9(2)3;1-2/h5-9H,4H2,1-3H3;1-2H3. The van der Waals surface area contributed by atoms with Gasteiger partial charge < -0.3 is 0 Å². The van der Waals surface area contributed by atoms with Crippen molar-refractivity contribution in [3.8, 4) is 0 Å². The van der Waals surface area contributed by atoms with E-state index in [0.29, 0.717) is 6.04 Å². The Morgan fingerprint density at radius 2 is 1.94 bits per heavy atom. The van der Waals surface area contributed by atoms with Gasteiger partial charge in [0.1, 0.15) is 0 Å². The number of aromatic nitrogens is 2. The lowest BCUT2D eigenvalue weighted by Crippen LogP contribution is -1.99. The molecule has 0 unspecified atom stereocenters. The van der Waals surface area contributed by atoms with Crippen LogP contribution in [0.3, 0.4) is 0 Å². The second-order valence-corrected chi connectivity index (χ2v) is 3.95. The van der Waals surface area contributed by atoms with E-state index in [9.17, 15) is 0 Å². The van der Waals surface area contributed by atoms with Crippen molar-refractivity contribution in [1.82, 2.24) is 9.78 Å². The molecule has 2 nitrogen and oxygen atoms in total. The molecule has 0 atom stereocenters. The fraction of sp³-hybridized carbons (Fsp3) is 0.500. The van der Waals surface area contributed by atoms with Crippen LogP contribution in [0.5, 0.6) is 0 Å². The van der Waals surface area contributed by atoms with Gasteiger partial charge in [0.25, 0.3) is 0 Å². The van der Waals surface area contributed by atoms with Gasteiger partial charge in [-0.3, -0.25) is 4.68 Å². The number of hydrogen-bond acceptors (Lipinski definition) is 1. The van der Waals surface area contributed by atoms with Crippen molar-refractivity contribution < 1.29 is 0 Å². The molecule has 0 N–H and O–H groups in total. The second kappa shape index (κ2) is 5.69. The van der Waals surface area contributed by atoms with Crippen LogP contribution < -0.4 is 0 Å². The Bertz CT molecular complexity index is 441. The molecule has 1 heterocycles. The first-order chi connectivity index (χ1) is 7.70. The highest BCUT2D eigenvalue weighted by atomic mass is 15.3. The number of benzene rings is 1. The predicted molar refractivity (Wildman–Crippen MR) is 70.8 cm³/mol. The molecule has 0 aliphatic rings. The minimum Gasteiger partial charge on any atom is -0.269 e. The van der Waals surface area contributed by atoms with Gasteiger partial charge in [-0.1, -0.05) is 26.8 Å². The van der Waals surface area contributed by atoms with Crippen molar-refractivity contribution in [3.05, 3.63) is 30.0 Å². The Morgan fingerprint density at radius 1 is 1.25 bits per heavy atom. The molecule has 2 heteroatoms. The van der Waals surface area contributed by atoms with Crippen molar-refractivity contribution in [2.24, 2.45) is 0 Å². The minimum absolute atomic E-state index is 0.437. The fourth-order valence-corrected chi connectivity index (χ4v) is 1.58. The number of rotatable bonds is 2. The second-order valence-electron chi connectivity index (χ2n) is 3.95. The van der Waals surface area contributed by atoms with E-state index in [1.165, 1.54) is 10.9 Å². The first kappa shape index (κ1) is 12.8. The monoisotopic (exact) mass is 218 g/mol. The summed E-state index contributed by atoms with van der Waals surface area (Å²) in [6, 6.07) is 6.92. The maximum atomic E-state index is 4.50. The largest absolute Gasteiger partial charge is 0.269 e. The molecule has 0 amide bonds. The molecule has 0 aliphatic heterocycles. The lowest BCUT2D eigenvalue weighted by Gasteiger charge is -2.02. The van der Waals surface area contributed by atoms with Gasteiger partial charge in [0.15, 0.2) is 0 Å². The summed E-state index contributed by atoms with van der Waals surface area (Å²) in [6.07, 6.45) is 3.21. The molecule has 1 aromatic carbocycles. The summed E-state index contributed by atoms with van der Waals surface area (Å²) >= 11 is 0. The molecular weight excluding hydrogens is 196 g/mol. The Kier molecular flexibility index (Phi) is 4.53. The Balaban J connectivity index is 0.000000606. The first-order valence-electron chi connectivity index (χ1n) is 6.18. The molecule has 0 bridgehead atoms. The minimum atomic E-state index is 0.437. The predicted octanol–water partition coefficient (Wildman–Crippen LogP) is 4.21. The molecule has 0 aliphatic carbocycles. The van der Waals surface area contributed by atoms with E-state index in [1.807, 2.05) is 18.5 Å². The van der Waals surface area contributed by atoms with Gasteiger partial charge >= 0.3 is 0 Å². The van der Waals surface area contributed by atoms with Gasteiger partial charge in [-0.2, -0.15) is 5.10 Å². The highest BCUT2D eigenvalue weighted by Gasteiger charge is 2.03. The lowest BCUT2D eigenvalue weighted by atomic mass is 10.1. The van der Waals surface area contributed by atoms with Crippen LogP contribution in [0.2, 0.25) is 0 Å². The quantitative estimate of drug-likeness (QED) is 0.738. The zero-order valence-electron chi connectivity index (χ0n) is 11.0. The zero-order valence-corrected chi connectivity index (χ0v) is 11.0. The van der Waals surface area contributed by atoms with E-state index >= 15 is 0 Å². The van der Waals surface area contributed by atoms with E-state index in [-0.39, 0.29) is 0 Å². The zero-order chi connectivity index (χ0) is 12.1. The average Bonchev–Trinajstić information content (AvgIpc) is 2.74. The molecule has 88 valence electrons. The van der Waals surface area contributed by atoms with E-state index in [2.05, 4.69) is 50.3 Å². The van der Waals surface area contributed by atoms with Crippen molar-refractivity contribution in [1.29, 1.82) is 0 Å². The summed E-state index contributed by atoms with van der Waals surface area (Å²) in [6.45, 7) is 10.5. The molecule has 0 fully saturated rings. The van der Waals surface area contributed by atoms with Crippen LogP contribution >= 0.6 is 0 Å². The third-order valence-corrected chi connectivity index (χ3v) is 2.52. The third kappa shape index (κ3) is 2.63. The summed E-state index contributed by atoms with van der Waals surface area (Å²) in [4.78, 5) is 0. The molecule has 2 aromatic rings. The van der Waals surface area contributed by atoms with Gasteiger partial charge in [-0.05, 0) is 38.0 Å². The van der Waals surface area contributed by atoms with Crippen LogP contribution in [-0.2, 0) is 6.42 Å². The maximum absolute atomic E-state index is 4.50. The molecular formula is C14H22N2. The maximum Gasteiger partial charge on any atom is 0.0923 e. The van der Waals surface area contributed by atoms with Crippen LogP contribution in [0.25, 0.3) is 10.9 Å². The highest BCUT2D eigenvalue weighted by Crippen LogP contribution is 2.17. The van der Waals surface area contributed by atoms with Crippen molar-refractivity contribution >= 4 is 10.9 Å². The van der Waals surface area contributed by atoms with Gasteiger partial charge in [-0.25, -0.2) is 0 Å². The van der Waals surface area contributed by atoms with Crippen LogP contribution in [-0.4, -0.2) is 9.78 Å². The van der Waals surface area contributed by atoms with Crippen molar-refractivity contribution in [2.75, 3.05) is 0 Å². The third-order valence-electron chi connectivity index (χ3n) is 2.52. The number of nitrogens with zero attached hydrogens (tertiary/aromatic N) is 2. The molecule has 0 saturated heterocycles. The summed E-state index contributed by atoms with van der Waals surface area (Å²) in [5.74, 6) is 0. The van der Waals surface area contributed by atoms with E-state index in [1.54, 1.807) is 0 Å². The van der Waals surface area contributed by atoms with Gasteiger partial charge in [0.2, 0.25) is 0 Å². The number of fused-ring (bicyclic) bond motifs is 1. The number of aryl methyl sites for hydroxylation is 1. The van der Waals surface area contributed by atoms with E-state index in [4.69, 9.17) is 0 Å². The Labute approximate surface area is 98.3 Å². The SMILES string of the molecule is CC.CCc1ccc2nn(C(C)C)cc2c1. The van der Waals surface area contributed by atoms with Gasteiger partial charge in [-0.15, -0.1) is 0 Å². The molecule has 2 rings (SSSR count). The Hall–Kier alpha value is -1.31. The van der Waals surface area contributed by atoms with Crippen molar-refractivity contribution in [3.63, 3.8) is 0 Å². The Morgan fingerprint density at radius 3 is 2.50 bits per heavy atom. The summed E-state index contributed by atoms with van der Waals surface area (Å²) < 4.78 is 2.02. The van der Waals surface area contributed by atoms with Gasteiger partial charge in [0.05, 0.1) is 5.52 Å². The molecule has 0 spiro atoms. The highest BCUT2D eigenvalue weighted by molar-refractivity contribution is 5.78. The van der Waals surface area contributed by atoms with Crippen molar-refractivity contribution in [2.45, 2.75) is 47.1 Å². The van der Waals surface area contributed by atoms with Crippen LogP contribution in [0.15, 0.2) is 24.4 Å². The van der Waals surface area contributed by atoms with Crippen LogP contribution in [0.1, 0.15) is 46.2 Å². The van der Waals surface area contributed by atoms with E-state index < -0.39 is 0 Å². The average molecular weight is 218 g/mol. The molecule has 1 aromatic heterocycles. The summed E-state index contributed by atoms with van der Waals surface area (Å²) in [5.41, 5.74) is 2.47. The molecule has 0 radical (unpaired) electrons. The number of hydrogen-bond donors (Lipinski definition) is 0.